The molecule has 4 nitrogen and oxygen atoms in total. The smallest absolute Gasteiger partial charge is 0.239 e. The van der Waals surface area contributed by atoms with Crippen LogP contribution < -0.4 is 16.4 Å². The highest BCUT2D eigenvalue weighted by atomic mass is 19.2. The third-order valence-corrected chi connectivity index (χ3v) is 2.12. The molecule has 0 aliphatic heterocycles. The summed E-state index contributed by atoms with van der Waals surface area (Å²) in [4.78, 5) is 11.3. The number of amides is 1. The number of carbonyl (C=O) groups is 1. The highest BCUT2D eigenvalue weighted by molar-refractivity contribution is 5.82. The number of carbonyl (C=O) groups excluding carboxylic acids is 1. The lowest BCUT2D eigenvalue weighted by Gasteiger charge is -2.10. The van der Waals surface area contributed by atoms with Crippen LogP contribution in [-0.4, -0.2) is 19.0 Å². The van der Waals surface area contributed by atoms with E-state index in [0.29, 0.717) is 6.54 Å². The second-order valence-corrected chi connectivity index (χ2v) is 3.53. The Hall–Kier alpha value is -1.85. The Kier molecular flexibility index (Phi) is 4.68. The van der Waals surface area contributed by atoms with Gasteiger partial charge >= 0.3 is 0 Å². The van der Waals surface area contributed by atoms with E-state index < -0.39 is 11.6 Å². The Balaban J connectivity index is 2.63. The van der Waals surface area contributed by atoms with Gasteiger partial charge in [-0.05, 0) is 18.6 Å². The van der Waals surface area contributed by atoms with E-state index in [2.05, 4.69) is 10.6 Å². The van der Waals surface area contributed by atoms with Crippen molar-refractivity contribution in [3.05, 3.63) is 23.8 Å². The molecule has 1 rings (SSSR count). The van der Waals surface area contributed by atoms with Crippen LogP contribution >= 0.6 is 0 Å². The Morgan fingerprint density at radius 2 is 2.12 bits per heavy atom. The van der Waals surface area contributed by atoms with E-state index in [1.165, 1.54) is 6.07 Å². The number of hydrogen-bond donors (Lipinski definition) is 3. The largest absolute Gasteiger partial charge is 0.397 e. The number of nitrogens with one attached hydrogen (secondary N) is 2. The Morgan fingerprint density at radius 1 is 1.41 bits per heavy atom. The van der Waals surface area contributed by atoms with Crippen molar-refractivity contribution >= 4 is 17.3 Å². The van der Waals surface area contributed by atoms with Crippen LogP contribution in [0.3, 0.4) is 0 Å². The summed E-state index contributed by atoms with van der Waals surface area (Å²) >= 11 is 0. The fourth-order valence-electron chi connectivity index (χ4n) is 1.24. The molecule has 17 heavy (non-hydrogen) atoms. The lowest BCUT2D eigenvalue weighted by atomic mass is 10.2. The summed E-state index contributed by atoms with van der Waals surface area (Å²) in [6.45, 7) is 2.31. The maximum atomic E-state index is 13.3. The van der Waals surface area contributed by atoms with E-state index in [-0.39, 0.29) is 23.8 Å². The Morgan fingerprint density at radius 3 is 2.76 bits per heavy atom. The monoisotopic (exact) mass is 243 g/mol. The summed E-state index contributed by atoms with van der Waals surface area (Å²) in [5, 5.41) is 5.08. The molecule has 0 radical (unpaired) electrons. The molecule has 4 N–H and O–H groups in total. The minimum atomic E-state index is -1.08. The molecule has 1 aromatic carbocycles. The fraction of sp³-hybridized carbons (Fsp3) is 0.364. The number of benzene rings is 1. The van der Waals surface area contributed by atoms with E-state index in [0.717, 1.165) is 12.5 Å². The zero-order chi connectivity index (χ0) is 12.8. The number of halogens is 2. The molecule has 94 valence electrons. The molecule has 0 bridgehead atoms. The Labute approximate surface area is 98.2 Å². The molecule has 0 saturated carbocycles. The predicted molar refractivity (Wildman–Crippen MR) is 62.6 cm³/mol. The molecule has 0 aliphatic rings. The van der Waals surface area contributed by atoms with Gasteiger partial charge in [-0.3, -0.25) is 4.79 Å². The van der Waals surface area contributed by atoms with E-state index in [4.69, 9.17) is 5.73 Å². The number of nitrogens with two attached hydrogens (primary N) is 1. The second kappa shape index (κ2) is 6.03. The first-order valence-electron chi connectivity index (χ1n) is 5.30. The molecular formula is C11H15F2N3O. The SMILES string of the molecule is CCCNC(=O)CNc1c(N)ccc(F)c1F. The molecule has 0 heterocycles. The molecule has 0 aliphatic carbocycles. The van der Waals surface area contributed by atoms with Crippen molar-refractivity contribution in [2.75, 3.05) is 24.1 Å². The molecule has 0 fully saturated rings. The second-order valence-electron chi connectivity index (χ2n) is 3.53. The molecule has 0 aromatic heterocycles. The van der Waals surface area contributed by atoms with Crippen LogP contribution in [0.25, 0.3) is 0 Å². The molecular weight excluding hydrogens is 228 g/mol. The van der Waals surface area contributed by atoms with Gasteiger partial charge in [-0.2, -0.15) is 0 Å². The van der Waals surface area contributed by atoms with Crippen LogP contribution in [0.4, 0.5) is 20.2 Å². The summed E-state index contributed by atoms with van der Waals surface area (Å²) in [6, 6.07) is 2.18. The molecule has 6 heteroatoms. The fourth-order valence-corrected chi connectivity index (χ4v) is 1.24. The highest BCUT2D eigenvalue weighted by Gasteiger charge is 2.12. The van der Waals surface area contributed by atoms with E-state index in [9.17, 15) is 13.6 Å². The van der Waals surface area contributed by atoms with Crippen molar-refractivity contribution < 1.29 is 13.6 Å². The van der Waals surface area contributed by atoms with Crippen LogP contribution in [0.5, 0.6) is 0 Å². The third kappa shape index (κ3) is 3.58. The summed E-state index contributed by atoms with van der Waals surface area (Å²) in [7, 11) is 0. The minimum Gasteiger partial charge on any atom is -0.397 e. The summed E-state index contributed by atoms with van der Waals surface area (Å²) in [5.74, 6) is -2.38. The molecule has 0 unspecified atom stereocenters. The maximum absolute atomic E-state index is 13.3. The normalized spacial score (nSPS) is 10.1. The van der Waals surface area contributed by atoms with Crippen molar-refractivity contribution in [3.8, 4) is 0 Å². The zero-order valence-electron chi connectivity index (χ0n) is 9.52. The summed E-state index contributed by atoms with van der Waals surface area (Å²) in [5.41, 5.74) is 5.35. The van der Waals surface area contributed by atoms with Gasteiger partial charge in [0.25, 0.3) is 0 Å². The average molecular weight is 243 g/mol. The summed E-state index contributed by atoms with van der Waals surface area (Å²) < 4.78 is 26.2. The van der Waals surface area contributed by atoms with E-state index in [1.54, 1.807) is 0 Å². The molecule has 1 amide bonds. The van der Waals surface area contributed by atoms with Gasteiger partial charge in [-0.1, -0.05) is 6.92 Å². The number of rotatable bonds is 5. The molecule has 0 atom stereocenters. The molecule has 0 saturated heterocycles. The van der Waals surface area contributed by atoms with Crippen molar-refractivity contribution in [3.63, 3.8) is 0 Å². The zero-order valence-corrected chi connectivity index (χ0v) is 9.52. The van der Waals surface area contributed by atoms with E-state index in [1.807, 2.05) is 6.92 Å². The first-order valence-corrected chi connectivity index (χ1v) is 5.30. The summed E-state index contributed by atoms with van der Waals surface area (Å²) in [6.07, 6.45) is 0.808. The van der Waals surface area contributed by atoms with Gasteiger partial charge in [0.15, 0.2) is 11.6 Å². The minimum absolute atomic E-state index is 0.0622. The lowest BCUT2D eigenvalue weighted by Crippen LogP contribution is -2.30. The lowest BCUT2D eigenvalue weighted by molar-refractivity contribution is -0.119. The van der Waals surface area contributed by atoms with Crippen molar-refractivity contribution in [1.29, 1.82) is 0 Å². The van der Waals surface area contributed by atoms with E-state index >= 15 is 0 Å². The maximum Gasteiger partial charge on any atom is 0.239 e. The Bertz CT molecular complexity index is 410. The molecule has 1 aromatic rings. The number of hydrogen-bond acceptors (Lipinski definition) is 3. The van der Waals surface area contributed by atoms with Crippen LogP contribution in [0.2, 0.25) is 0 Å². The quantitative estimate of drug-likeness (QED) is 0.686. The van der Waals surface area contributed by atoms with Crippen molar-refractivity contribution in [2.45, 2.75) is 13.3 Å². The molecule has 0 spiro atoms. The van der Waals surface area contributed by atoms with Crippen LogP contribution in [-0.2, 0) is 4.79 Å². The first-order chi connectivity index (χ1) is 8.06. The topological polar surface area (TPSA) is 67.2 Å². The van der Waals surface area contributed by atoms with Gasteiger partial charge in [0, 0.05) is 6.54 Å². The van der Waals surface area contributed by atoms with Crippen molar-refractivity contribution in [2.24, 2.45) is 0 Å². The first kappa shape index (κ1) is 13.2. The van der Waals surface area contributed by atoms with Gasteiger partial charge in [0.05, 0.1) is 17.9 Å². The standard InChI is InChI=1S/C11H15F2N3O/c1-2-5-15-9(17)6-16-11-8(14)4-3-7(12)10(11)13/h3-4,16H,2,5-6,14H2,1H3,(H,15,17). The van der Waals surface area contributed by atoms with Crippen molar-refractivity contribution in [1.82, 2.24) is 5.32 Å². The van der Waals surface area contributed by atoms with Gasteiger partial charge in [0.2, 0.25) is 5.91 Å². The van der Waals surface area contributed by atoms with Gasteiger partial charge < -0.3 is 16.4 Å². The van der Waals surface area contributed by atoms with Crippen LogP contribution in [0, 0.1) is 11.6 Å². The van der Waals surface area contributed by atoms with Crippen LogP contribution in [0.15, 0.2) is 12.1 Å². The number of nitrogen functional groups attached to an aromatic ring is 1. The number of anilines is 2. The highest BCUT2D eigenvalue weighted by Crippen LogP contribution is 2.24. The van der Waals surface area contributed by atoms with Gasteiger partial charge in [-0.25, -0.2) is 8.78 Å². The van der Waals surface area contributed by atoms with Gasteiger partial charge in [-0.15, -0.1) is 0 Å². The predicted octanol–water partition coefficient (Wildman–Crippen LogP) is 1.49. The third-order valence-electron chi connectivity index (χ3n) is 2.12. The van der Waals surface area contributed by atoms with Crippen LogP contribution in [0.1, 0.15) is 13.3 Å². The average Bonchev–Trinajstić information content (AvgIpc) is 2.31. The van der Waals surface area contributed by atoms with Gasteiger partial charge in [0.1, 0.15) is 0 Å².